The first-order chi connectivity index (χ1) is 28.2. The summed E-state index contributed by atoms with van der Waals surface area (Å²) >= 11 is 1.86. The van der Waals surface area contributed by atoms with Gasteiger partial charge in [0.25, 0.3) is 0 Å². The van der Waals surface area contributed by atoms with Gasteiger partial charge in [-0.3, -0.25) is 0 Å². The maximum absolute atomic E-state index is 6.92. The van der Waals surface area contributed by atoms with Crippen molar-refractivity contribution < 1.29 is 4.42 Å². The molecule has 4 heterocycles. The fraction of sp³-hybridized carbons (Fsp3) is 0. The van der Waals surface area contributed by atoms with Gasteiger partial charge in [0, 0.05) is 59.8 Å². The fourth-order valence-electron chi connectivity index (χ4n) is 8.44. The van der Waals surface area contributed by atoms with E-state index in [0.29, 0.717) is 17.5 Å². The molecule has 8 aromatic carbocycles. The average Bonchev–Trinajstić information content (AvgIpc) is 3.96. The van der Waals surface area contributed by atoms with Crippen LogP contribution in [0.15, 0.2) is 186 Å². The highest BCUT2D eigenvalue weighted by molar-refractivity contribution is 7.26. The van der Waals surface area contributed by atoms with Crippen molar-refractivity contribution in [1.82, 2.24) is 19.5 Å². The Morgan fingerprint density at radius 3 is 1.72 bits per heavy atom. The van der Waals surface area contributed by atoms with E-state index < -0.39 is 0 Å². The third-order valence-corrected chi connectivity index (χ3v) is 12.2. The molecule has 0 N–H and O–H groups in total. The molecule has 0 fully saturated rings. The Bertz CT molecular complexity index is 3460. The fourth-order valence-corrected chi connectivity index (χ4v) is 9.68. The summed E-state index contributed by atoms with van der Waals surface area (Å²) in [5.74, 6) is 1.84. The van der Waals surface area contributed by atoms with Crippen molar-refractivity contribution in [2.45, 2.75) is 0 Å². The molecule has 6 heteroatoms. The number of rotatable bonds is 5. The average molecular weight is 747 g/mol. The molecule has 0 aliphatic heterocycles. The van der Waals surface area contributed by atoms with E-state index in [2.05, 4.69) is 126 Å². The zero-order chi connectivity index (χ0) is 37.5. The minimum absolute atomic E-state index is 0.590. The summed E-state index contributed by atoms with van der Waals surface area (Å²) in [4.78, 5) is 14.9. The molecule has 12 aromatic rings. The molecule has 0 radical (unpaired) electrons. The van der Waals surface area contributed by atoms with Crippen molar-refractivity contribution in [3.05, 3.63) is 182 Å². The van der Waals surface area contributed by atoms with E-state index in [9.17, 15) is 0 Å². The molecule has 0 saturated carbocycles. The van der Waals surface area contributed by atoms with Crippen LogP contribution < -0.4 is 0 Å². The first-order valence-corrected chi connectivity index (χ1v) is 19.8. The van der Waals surface area contributed by atoms with Crippen LogP contribution >= 0.6 is 11.3 Å². The molecule has 266 valence electrons. The van der Waals surface area contributed by atoms with Gasteiger partial charge in [-0.2, -0.15) is 0 Å². The lowest BCUT2D eigenvalue weighted by molar-refractivity contribution is 0.669. The molecule has 0 bridgehead atoms. The molecule has 0 spiro atoms. The van der Waals surface area contributed by atoms with Gasteiger partial charge in [-0.25, -0.2) is 15.0 Å². The summed E-state index contributed by atoms with van der Waals surface area (Å²) in [7, 11) is 0. The van der Waals surface area contributed by atoms with Crippen LogP contribution in [0.2, 0.25) is 0 Å². The van der Waals surface area contributed by atoms with Gasteiger partial charge >= 0.3 is 0 Å². The van der Waals surface area contributed by atoms with Crippen molar-refractivity contribution in [3.63, 3.8) is 0 Å². The van der Waals surface area contributed by atoms with Crippen molar-refractivity contribution in [1.29, 1.82) is 0 Å². The standard InChI is InChI=1S/C51H30N4OS/c1-4-14-31(15-5-1)41-29-35(55-42-22-12-10-20-36(42)38-26-27-39-37-21-11-13-23-45(37)57-48(39)47(38)55)30-44-46(41)40-25-24-34(28-43(40)56-44)51-53-49(32-16-6-2-7-17-32)52-50(54-51)33-18-8-3-9-19-33/h1-30H. The quantitative estimate of drug-likeness (QED) is 0.176. The maximum Gasteiger partial charge on any atom is 0.164 e. The molecular formula is C51H30N4OS. The Morgan fingerprint density at radius 1 is 0.421 bits per heavy atom. The number of aromatic nitrogens is 4. The Labute approximate surface area is 330 Å². The normalized spacial score (nSPS) is 11.9. The molecule has 0 amide bonds. The lowest BCUT2D eigenvalue weighted by atomic mass is 9.98. The van der Waals surface area contributed by atoms with Crippen LogP contribution in [0.3, 0.4) is 0 Å². The van der Waals surface area contributed by atoms with Crippen LogP contribution in [0.1, 0.15) is 0 Å². The van der Waals surface area contributed by atoms with Crippen LogP contribution in [-0.4, -0.2) is 19.5 Å². The van der Waals surface area contributed by atoms with E-state index in [1.54, 1.807) is 0 Å². The second-order valence-electron chi connectivity index (χ2n) is 14.4. The molecule has 0 atom stereocenters. The minimum atomic E-state index is 0.590. The lowest BCUT2D eigenvalue weighted by Gasteiger charge is -2.12. The summed E-state index contributed by atoms with van der Waals surface area (Å²) < 4.78 is 11.9. The molecule has 0 aliphatic rings. The molecule has 0 aliphatic carbocycles. The molecule has 0 unspecified atom stereocenters. The van der Waals surface area contributed by atoms with Gasteiger partial charge < -0.3 is 8.98 Å². The Morgan fingerprint density at radius 2 is 1.00 bits per heavy atom. The van der Waals surface area contributed by atoms with Gasteiger partial charge in [0.05, 0.1) is 21.4 Å². The molecule has 57 heavy (non-hydrogen) atoms. The largest absolute Gasteiger partial charge is 0.456 e. The minimum Gasteiger partial charge on any atom is -0.456 e. The van der Waals surface area contributed by atoms with Crippen molar-refractivity contribution in [2.24, 2.45) is 0 Å². The highest BCUT2D eigenvalue weighted by atomic mass is 32.1. The van der Waals surface area contributed by atoms with Crippen LogP contribution in [0.5, 0.6) is 0 Å². The highest BCUT2D eigenvalue weighted by Gasteiger charge is 2.22. The monoisotopic (exact) mass is 746 g/mol. The number of hydrogen-bond donors (Lipinski definition) is 0. The van der Waals surface area contributed by atoms with Crippen LogP contribution in [-0.2, 0) is 0 Å². The predicted octanol–water partition coefficient (Wildman–Crippen LogP) is 13.9. The number of para-hydroxylation sites is 1. The van der Waals surface area contributed by atoms with E-state index >= 15 is 0 Å². The van der Waals surface area contributed by atoms with Crippen LogP contribution in [0.25, 0.3) is 115 Å². The molecule has 5 nitrogen and oxygen atoms in total. The first kappa shape index (κ1) is 31.9. The van der Waals surface area contributed by atoms with E-state index in [-0.39, 0.29) is 0 Å². The molecule has 0 saturated heterocycles. The number of fused-ring (bicyclic) bond motifs is 10. The van der Waals surface area contributed by atoms with Crippen LogP contribution in [0, 0.1) is 0 Å². The van der Waals surface area contributed by atoms with Gasteiger partial charge in [0.2, 0.25) is 0 Å². The van der Waals surface area contributed by atoms with E-state index in [1.165, 1.54) is 36.5 Å². The van der Waals surface area contributed by atoms with Crippen molar-refractivity contribution >= 4 is 75.3 Å². The molecule has 4 aromatic heterocycles. The van der Waals surface area contributed by atoms with Gasteiger partial charge in [-0.05, 0) is 41.5 Å². The second kappa shape index (κ2) is 12.6. The zero-order valence-corrected chi connectivity index (χ0v) is 31.2. The second-order valence-corrected chi connectivity index (χ2v) is 15.4. The summed E-state index contributed by atoms with van der Waals surface area (Å²) in [6.07, 6.45) is 0. The van der Waals surface area contributed by atoms with Gasteiger partial charge in [0.1, 0.15) is 11.2 Å². The maximum atomic E-state index is 6.92. The number of hydrogen-bond acceptors (Lipinski definition) is 5. The smallest absolute Gasteiger partial charge is 0.164 e. The third-order valence-electron chi connectivity index (χ3n) is 11.0. The van der Waals surface area contributed by atoms with Gasteiger partial charge in [-0.15, -0.1) is 11.3 Å². The topological polar surface area (TPSA) is 56.7 Å². The predicted molar refractivity (Wildman–Crippen MR) is 236 cm³/mol. The van der Waals surface area contributed by atoms with E-state index in [0.717, 1.165) is 61.0 Å². The zero-order valence-electron chi connectivity index (χ0n) is 30.4. The summed E-state index contributed by atoms with van der Waals surface area (Å²) in [5.41, 5.74) is 9.97. The number of nitrogens with zero attached hydrogens (tertiary/aromatic N) is 4. The van der Waals surface area contributed by atoms with Gasteiger partial charge in [0.15, 0.2) is 17.5 Å². The Hall–Kier alpha value is -7.41. The van der Waals surface area contributed by atoms with Crippen LogP contribution in [0.4, 0.5) is 0 Å². The SMILES string of the molecule is c1ccc(-c2nc(-c3ccccc3)nc(-c3ccc4c(c3)oc3cc(-n5c6ccccc6c6ccc7c8ccccc8sc7c65)cc(-c5ccccc5)c34)n2)cc1. The third kappa shape index (κ3) is 5.04. The summed E-state index contributed by atoms with van der Waals surface area (Å²) in [5, 5.41) is 7.14. The number of furan rings is 1. The van der Waals surface area contributed by atoms with E-state index in [1.807, 2.05) is 72.0 Å². The molecule has 12 rings (SSSR count). The first-order valence-electron chi connectivity index (χ1n) is 19.0. The lowest BCUT2D eigenvalue weighted by Crippen LogP contribution is -2.00. The number of benzene rings is 8. The van der Waals surface area contributed by atoms with Crippen molar-refractivity contribution in [2.75, 3.05) is 0 Å². The number of thiophene rings is 1. The highest BCUT2D eigenvalue weighted by Crippen LogP contribution is 2.45. The summed E-state index contributed by atoms with van der Waals surface area (Å²) in [6.45, 7) is 0. The Balaban J connectivity index is 1.11. The summed E-state index contributed by atoms with van der Waals surface area (Å²) in [6, 6.07) is 63.7. The molecular weight excluding hydrogens is 717 g/mol. The Kier molecular flexibility index (Phi) is 7.03. The van der Waals surface area contributed by atoms with Crippen molar-refractivity contribution in [3.8, 4) is 51.0 Å². The van der Waals surface area contributed by atoms with Gasteiger partial charge in [-0.1, -0.05) is 146 Å². The van der Waals surface area contributed by atoms with E-state index in [4.69, 9.17) is 19.4 Å².